The number of rotatable bonds is 24. The molecule has 18 aromatic rings. The molecule has 0 heterocycles. The van der Waals surface area contributed by atoms with Gasteiger partial charge in [0.15, 0.2) is 0 Å². The van der Waals surface area contributed by atoms with E-state index < -0.39 is 43.6 Å². The Hall–Kier alpha value is -11.9. The summed E-state index contributed by atoms with van der Waals surface area (Å²) in [6.45, 7) is 13.9. The highest BCUT2D eigenvalue weighted by Gasteiger charge is 2.49. The molecule has 0 aromatic heterocycles. The molecule has 0 aliphatic rings. The van der Waals surface area contributed by atoms with E-state index in [4.69, 9.17) is 0 Å². The second-order valence-electron chi connectivity index (χ2n) is 30.8. The highest BCUT2D eigenvalue weighted by atomic mass is 31.2. The Morgan fingerprint density at radius 2 is 0.136 bits per heavy atom. The van der Waals surface area contributed by atoms with Gasteiger partial charge in [-0.2, -0.15) is 0 Å². The van der Waals surface area contributed by atoms with Gasteiger partial charge in [0.05, 0.1) is 37.0 Å². The molecule has 18 rings (SSSR count). The summed E-state index contributed by atoms with van der Waals surface area (Å²) in [5.74, 6) is 0. The van der Waals surface area contributed by atoms with Gasteiger partial charge < -0.3 is 28.2 Å². The van der Waals surface area contributed by atoms with Gasteiger partial charge in [-0.1, -0.05) is 328 Å². The average Bonchev–Trinajstić information content (AvgIpc) is 0.793. The minimum atomic E-state index is -1.53. The summed E-state index contributed by atoms with van der Waals surface area (Å²) in [5, 5.41) is 26.3. The van der Waals surface area contributed by atoms with Crippen LogP contribution in [-0.4, -0.2) is 37.0 Å². The van der Waals surface area contributed by atoms with E-state index in [0.29, 0.717) is 0 Å². The lowest BCUT2D eigenvalue weighted by molar-refractivity contribution is -0.00100. The third-order valence-corrected chi connectivity index (χ3v) is 51.3. The van der Waals surface area contributed by atoms with E-state index in [1.807, 2.05) is 0 Å². The molecule has 0 unspecified atom stereocenters. The topological polar surface area (TPSA) is 0 Å². The highest BCUT2D eigenvalue weighted by Crippen LogP contribution is 2.60. The zero-order valence-electron chi connectivity index (χ0n) is 76.2. The SMILES string of the molecule is CC[P+](c1ccccc1)(c1ccccc1)c1ccccc1.CC[P+](c1ccccc1)(c1ccccc1)c1ccccc1.CC[P+](c1ccccc1)(c1ccccc1)c1ccccc1.CC[P+](c1ccccc1)(c1ccccc1)c1ccccc1.CC[P+](c1ccccc1)(c1ccccc1)c1ccccc1.CC[P+](c1ccccc1)(c1ccccc1)c1ccccc1.[F-].[F-].[F-].[F-].[F-].[F-]. The molecule has 132 heavy (non-hydrogen) atoms. The van der Waals surface area contributed by atoms with Crippen molar-refractivity contribution in [3.05, 3.63) is 546 Å². The number of hydrogen-bond donors (Lipinski definition) is 0. The Morgan fingerprint density at radius 1 is 0.0909 bits per heavy atom. The van der Waals surface area contributed by atoms with Gasteiger partial charge in [0.1, 0.15) is 139 Å². The first-order valence-electron chi connectivity index (χ1n) is 44.6. The van der Waals surface area contributed by atoms with Crippen molar-refractivity contribution in [2.24, 2.45) is 0 Å². The van der Waals surface area contributed by atoms with E-state index in [2.05, 4.69) is 588 Å². The predicted molar refractivity (Wildman–Crippen MR) is 574 cm³/mol. The molecule has 0 saturated carbocycles. The summed E-state index contributed by atoms with van der Waals surface area (Å²) in [4.78, 5) is 0. The fourth-order valence-corrected chi connectivity index (χ4v) is 42.5. The first kappa shape index (κ1) is 107. The van der Waals surface area contributed by atoms with Crippen molar-refractivity contribution >= 4 is 139 Å². The van der Waals surface area contributed by atoms with E-state index in [9.17, 15) is 0 Å². The quantitative estimate of drug-likeness (QED) is 0.0514. The van der Waals surface area contributed by atoms with Crippen molar-refractivity contribution in [3.63, 3.8) is 0 Å². The van der Waals surface area contributed by atoms with E-state index in [1.54, 1.807) is 0 Å². The van der Waals surface area contributed by atoms with Gasteiger partial charge in [0, 0.05) is 0 Å². The minimum Gasteiger partial charge on any atom is -1.00 e. The molecule has 12 heteroatoms. The normalized spacial score (nSPS) is 10.8. The third kappa shape index (κ3) is 24.3. The van der Waals surface area contributed by atoms with Crippen LogP contribution in [0.3, 0.4) is 0 Å². The fraction of sp³-hybridized carbons (Fsp3) is 0.100. The standard InChI is InChI=1S/6C20H20P.6FH/c6*1-2-21(18-12-6-3-7-13-18,19-14-8-4-9-15-19)20-16-10-5-11-17-20;;;;;;/h6*3-17H,2H2,1H3;6*1H/q6*+1;;;;;;/p-6. The van der Waals surface area contributed by atoms with Crippen LogP contribution in [0.1, 0.15) is 41.5 Å². The first-order valence-corrected chi connectivity index (χ1v) is 56.4. The molecule has 0 saturated heterocycles. The van der Waals surface area contributed by atoms with Gasteiger partial charge >= 0.3 is 0 Å². The molecule has 18 aromatic carbocycles. The smallest absolute Gasteiger partial charge is 0.111 e. The van der Waals surface area contributed by atoms with Crippen molar-refractivity contribution < 1.29 is 28.2 Å². The van der Waals surface area contributed by atoms with Crippen LogP contribution in [-0.2, 0) is 0 Å². The maximum Gasteiger partial charge on any atom is 0.111 e. The third-order valence-electron chi connectivity index (χ3n) is 24.4. The van der Waals surface area contributed by atoms with Crippen LogP contribution < -0.4 is 124 Å². The molecule has 0 bridgehead atoms. The van der Waals surface area contributed by atoms with E-state index in [1.165, 1.54) is 95.5 Å². The molecule has 0 spiro atoms. The second kappa shape index (κ2) is 54.8. The molecule has 0 amide bonds. The van der Waals surface area contributed by atoms with Crippen LogP contribution in [0.2, 0.25) is 0 Å². The summed E-state index contributed by atoms with van der Waals surface area (Å²) in [6, 6.07) is 198. The largest absolute Gasteiger partial charge is 1.00 e. The summed E-state index contributed by atoms with van der Waals surface area (Å²) in [6.07, 6.45) is 6.86. The van der Waals surface area contributed by atoms with E-state index in [0.717, 1.165) is 37.0 Å². The molecule has 0 aliphatic heterocycles. The zero-order valence-corrected chi connectivity index (χ0v) is 81.5. The zero-order chi connectivity index (χ0) is 87.3. The lowest BCUT2D eigenvalue weighted by Crippen LogP contribution is -3.00. The second-order valence-corrected chi connectivity index (χ2v) is 53.6. The summed E-state index contributed by atoms with van der Waals surface area (Å²) in [5.41, 5.74) is 0. The van der Waals surface area contributed by atoms with Crippen molar-refractivity contribution in [1.29, 1.82) is 0 Å². The van der Waals surface area contributed by atoms with Gasteiger partial charge in [-0.15, -0.1) is 0 Å². The summed E-state index contributed by atoms with van der Waals surface area (Å²) >= 11 is 0. The fourth-order valence-electron chi connectivity index (χ4n) is 18.3. The molecule has 0 radical (unpaired) electrons. The van der Waals surface area contributed by atoms with Crippen LogP contribution in [0.25, 0.3) is 0 Å². The molecule has 0 nitrogen and oxygen atoms in total. The maximum atomic E-state index is 2.32. The number of halogens is 6. The van der Waals surface area contributed by atoms with Gasteiger partial charge in [0.25, 0.3) is 0 Å². The van der Waals surface area contributed by atoms with Crippen molar-refractivity contribution in [1.82, 2.24) is 0 Å². The Bertz CT molecular complexity index is 4490. The van der Waals surface area contributed by atoms with Crippen LogP contribution in [0.5, 0.6) is 0 Å². The number of hydrogen-bond acceptors (Lipinski definition) is 0. The highest BCUT2D eigenvalue weighted by molar-refractivity contribution is 7.98. The molecule has 0 N–H and O–H groups in total. The first-order chi connectivity index (χ1) is 62.3. The predicted octanol–water partition coefficient (Wildman–Crippen LogP) is 6.03. The van der Waals surface area contributed by atoms with Crippen LogP contribution >= 0.6 is 43.6 Å². The average molecular weight is 1860 g/mol. The van der Waals surface area contributed by atoms with E-state index >= 15 is 0 Å². The summed E-state index contributed by atoms with van der Waals surface area (Å²) in [7, 11) is -9.20. The van der Waals surface area contributed by atoms with Gasteiger partial charge in [0.2, 0.25) is 0 Å². The van der Waals surface area contributed by atoms with Crippen molar-refractivity contribution in [2.45, 2.75) is 41.5 Å². The maximum absolute atomic E-state index is 2.32. The van der Waals surface area contributed by atoms with Crippen LogP contribution in [0, 0.1) is 0 Å². The minimum absolute atomic E-state index is 0. The van der Waals surface area contributed by atoms with Gasteiger partial charge in [-0.3, -0.25) is 0 Å². The van der Waals surface area contributed by atoms with Crippen molar-refractivity contribution in [2.75, 3.05) is 37.0 Å². The molecule has 0 fully saturated rings. The van der Waals surface area contributed by atoms with Gasteiger partial charge in [-0.05, 0) is 260 Å². The van der Waals surface area contributed by atoms with Gasteiger partial charge in [-0.25, -0.2) is 0 Å². The molecule has 672 valence electrons. The molecule has 0 aliphatic carbocycles. The summed E-state index contributed by atoms with van der Waals surface area (Å²) < 4.78 is 0. The van der Waals surface area contributed by atoms with Crippen LogP contribution in [0.4, 0.5) is 0 Å². The van der Waals surface area contributed by atoms with Crippen molar-refractivity contribution in [3.8, 4) is 0 Å². The lowest BCUT2D eigenvalue weighted by atomic mass is 10.4. The molecular weight excluding hydrogens is 1740 g/mol. The Balaban J connectivity index is 0.000000214. The lowest BCUT2D eigenvalue weighted by Gasteiger charge is -2.26. The Morgan fingerprint density at radius 3 is 0.174 bits per heavy atom. The monoisotopic (exact) mass is 1860 g/mol. The number of benzene rings is 18. The Kier molecular flexibility index (Phi) is 44.5. The molecule has 0 atom stereocenters. The van der Waals surface area contributed by atoms with Crippen LogP contribution in [0.15, 0.2) is 546 Å². The molecular formula is C120H120F6P6. The Labute approximate surface area is 786 Å². The van der Waals surface area contributed by atoms with E-state index in [-0.39, 0.29) is 28.2 Å².